The van der Waals surface area contributed by atoms with E-state index in [2.05, 4.69) is 22.9 Å². The molecule has 0 aliphatic carbocycles. The van der Waals surface area contributed by atoms with Crippen molar-refractivity contribution in [3.63, 3.8) is 0 Å². The van der Waals surface area contributed by atoms with E-state index in [4.69, 9.17) is 4.74 Å². The summed E-state index contributed by atoms with van der Waals surface area (Å²) in [5.41, 5.74) is 1.23. The number of hydrogen-bond donors (Lipinski definition) is 1. The van der Waals surface area contributed by atoms with Crippen molar-refractivity contribution in [2.45, 2.75) is 38.3 Å². The molecule has 104 valence electrons. The van der Waals surface area contributed by atoms with Gasteiger partial charge < -0.3 is 14.7 Å². The van der Waals surface area contributed by atoms with Crippen molar-refractivity contribution in [3.8, 4) is 0 Å². The highest BCUT2D eigenvalue weighted by Gasteiger charge is 2.38. The second-order valence-electron chi connectivity index (χ2n) is 5.69. The molecule has 0 amide bonds. The molecule has 3 rings (SSSR count). The maximum atomic E-state index is 10.2. The Morgan fingerprint density at radius 3 is 3.11 bits per heavy atom. The van der Waals surface area contributed by atoms with Gasteiger partial charge in [-0.3, -0.25) is 0 Å². The van der Waals surface area contributed by atoms with Gasteiger partial charge in [0, 0.05) is 31.3 Å². The third kappa shape index (κ3) is 2.60. The molecule has 0 spiro atoms. The van der Waals surface area contributed by atoms with Crippen LogP contribution in [0.5, 0.6) is 0 Å². The Kier molecular flexibility index (Phi) is 3.71. The Bertz CT molecular complexity index is 438. The minimum atomic E-state index is -0.232. The molecule has 2 fully saturated rings. The molecule has 3 atom stereocenters. The SMILES string of the molecule is Cc1ccnc(N2CCC[C@@H]2[C@@H]2COCC[C@@H]2O)c1. The Morgan fingerprint density at radius 2 is 2.32 bits per heavy atom. The van der Waals surface area contributed by atoms with E-state index in [1.165, 1.54) is 12.0 Å². The van der Waals surface area contributed by atoms with Gasteiger partial charge in [0.25, 0.3) is 0 Å². The second-order valence-corrected chi connectivity index (χ2v) is 5.69. The zero-order chi connectivity index (χ0) is 13.2. The molecule has 1 aromatic rings. The average Bonchev–Trinajstić information content (AvgIpc) is 2.88. The van der Waals surface area contributed by atoms with Gasteiger partial charge in [0.1, 0.15) is 5.82 Å². The first kappa shape index (κ1) is 12.9. The lowest BCUT2D eigenvalue weighted by Gasteiger charge is -2.37. The van der Waals surface area contributed by atoms with Crippen LogP contribution in [0.4, 0.5) is 5.82 Å². The minimum absolute atomic E-state index is 0.221. The first-order valence-electron chi connectivity index (χ1n) is 7.21. The fraction of sp³-hybridized carbons (Fsp3) is 0.667. The van der Waals surface area contributed by atoms with Crippen molar-refractivity contribution in [1.82, 2.24) is 4.98 Å². The summed E-state index contributed by atoms with van der Waals surface area (Å²) in [6, 6.07) is 4.52. The number of anilines is 1. The lowest BCUT2D eigenvalue weighted by molar-refractivity contribution is -0.0438. The predicted octanol–water partition coefficient (Wildman–Crippen LogP) is 1.76. The maximum absolute atomic E-state index is 10.2. The van der Waals surface area contributed by atoms with Gasteiger partial charge in [-0.15, -0.1) is 0 Å². The van der Waals surface area contributed by atoms with Gasteiger partial charge in [-0.1, -0.05) is 0 Å². The summed E-state index contributed by atoms with van der Waals surface area (Å²) in [6.45, 7) is 4.49. The maximum Gasteiger partial charge on any atom is 0.128 e. The molecule has 0 radical (unpaired) electrons. The first-order valence-corrected chi connectivity index (χ1v) is 7.21. The molecule has 0 bridgehead atoms. The van der Waals surface area contributed by atoms with Crippen LogP contribution in [0.1, 0.15) is 24.8 Å². The third-order valence-electron chi connectivity index (χ3n) is 4.35. The van der Waals surface area contributed by atoms with Crippen LogP contribution in [-0.4, -0.2) is 42.0 Å². The van der Waals surface area contributed by atoms with Crippen LogP contribution in [0, 0.1) is 12.8 Å². The molecule has 1 aromatic heterocycles. The van der Waals surface area contributed by atoms with Gasteiger partial charge in [0.2, 0.25) is 0 Å². The topological polar surface area (TPSA) is 45.6 Å². The Labute approximate surface area is 114 Å². The van der Waals surface area contributed by atoms with Crippen LogP contribution in [0.3, 0.4) is 0 Å². The summed E-state index contributed by atoms with van der Waals surface area (Å²) in [5, 5.41) is 10.2. The monoisotopic (exact) mass is 262 g/mol. The van der Waals surface area contributed by atoms with E-state index in [0.717, 1.165) is 25.2 Å². The van der Waals surface area contributed by atoms with Gasteiger partial charge >= 0.3 is 0 Å². The van der Waals surface area contributed by atoms with Crippen molar-refractivity contribution in [3.05, 3.63) is 23.9 Å². The molecule has 2 aliphatic heterocycles. The van der Waals surface area contributed by atoms with Crippen molar-refractivity contribution in [2.24, 2.45) is 5.92 Å². The van der Waals surface area contributed by atoms with E-state index in [1.807, 2.05) is 12.3 Å². The molecular formula is C15H22N2O2. The predicted molar refractivity (Wildman–Crippen MR) is 74.3 cm³/mol. The zero-order valence-electron chi connectivity index (χ0n) is 11.5. The van der Waals surface area contributed by atoms with Crippen LogP contribution in [0.15, 0.2) is 18.3 Å². The lowest BCUT2D eigenvalue weighted by Crippen LogP contribution is -2.46. The quantitative estimate of drug-likeness (QED) is 0.882. The molecule has 0 aromatic carbocycles. The van der Waals surface area contributed by atoms with E-state index in [0.29, 0.717) is 19.3 Å². The number of ether oxygens (including phenoxy) is 1. The number of nitrogens with zero attached hydrogens (tertiary/aromatic N) is 2. The number of aliphatic hydroxyl groups excluding tert-OH is 1. The number of aromatic nitrogens is 1. The second kappa shape index (κ2) is 5.47. The summed E-state index contributed by atoms with van der Waals surface area (Å²) < 4.78 is 5.57. The lowest BCUT2D eigenvalue weighted by atomic mass is 9.89. The summed E-state index contributed by atoms with van der Waals surface area (Å²) >= 11 is 0. The highest BCUT2D eigenvalue weighted by molar-refractivity contribution is 5.43. The van der Waals surface area contributed by atoms with E-state index < -0.39 is 0 Å². The van der Waals surface area contributed by atoms with Crippen molar-refractivity contribution < 1.29 is 9.84 Å². The fourth-order valence-corrected chi connectivity index (χ4v) is 3.32. The summed E-state index contributed by atoms with van der Waals surface area (Å²) in [6.07, 6.45) is 4.69. The number of rotatable bonds is 2. The van der Waals surface area contributed by atoms with Crippen molar-refractivity contribution in [2.75, 3.05) is 24.7 Å². The third-order valence-corrected chi connectivity index (χ3v) is 4.35. The Morgan fingerprint density at radius 1 is 1.42 bits per heavy atom. The van der Waals surface area contributed by atoms with Gasteiger partial charge in [-0.2, -0.15) is 0 Å². The molecule has 0 unspecified atom stereocenters. The van der Waals surface area contributed by atoms with Crippen LogP contribution in [-0.2, 0) is 4.74 Å². The molecular weight excluding hydrogens is 240 g/mol. The van der Waals surface area contributed by atoms with Crippen LogP contribution < -0.4 is 4.90 Å². The molecule has 1 N–H and O–H groups in total. The van der Waals surface area contributed by atoms with Crippen molar-refractivity contribution >= 4 is 5.82 Å². The van der Waals surface area contributed by atoms with E-state index >= 15 is 0 Å². The molecule has 4 nitrogen and oxygen atoms in total. The summed E-state index contributed by atoms with van der Waals surface area (Å²) in [4.78, 5) is 6.85. The summed E-state index contributed by atoms with van der Waals surface area (Å²) in [5.74, 6) is 1.26. The number of hydrogen-bond acceptors (Lipinski definition) is 4. The Balaban J connectivity index is 1.81. The zero-order valence-corrected chi connectivity index (χ0v) is 11.5. The fourth-order valence-electron chi connectivity index (χ4n) is 3.32. The Hall–Kier alpha value is -1.13. The molecule has 4 heteroatoms. The van der Waals surface area contributed by atoms with E-state index in [1.54, 1.807) is 0 Å². The summed E-state index contributed by atoms with van der Waals surface area (Å²) in [7, 11) is 0. The highest BCUT2D eigenvalue weighted by Crippen LogP contribution is 2.32. The number of aryl methyl sites for hydroxylation is 1. The van der Waals surface area contributed by atoms with Crippen LogP contribution in [0.2, 0.25) is 0 Å². The van der Waals surface area contributed by atoms with Crippen LogP contribution in [0.25, 0.3) is 0 Å². The van der Waals surface area contributed by atoms with E-state index in [9.17, 15) is 5.11 Å². The smallest absolute Gasteiger partial charge is 0.128 e. The normalized spacial score (nSPS) is 31.7. The van der Waals surface area contributed by atoms with Gasteiger partial charge in [0.15, 0.2) is 0 Å². The average molecular weight is 262 g/mol. The van der Waals surface area contributed by atoms with Gasteiger partial charge in [-0.05, 0) is 43.9 Å². The minimum Gasteiger partial charge on any atom is -0.393 e. The molecule has 2 saturated heterocycles. The van der Waals surface area contributed by atoms with Crippen LogP contribution >= 0.6 is 0 Å². The van der Waals surface area contributed by atoms with Gasteiger partial charge in [-0.25, -0.2) is 4.98 Å². The standard InChI is InChI=1S/C15H22N2O2/c1-11-4-6-16-15(9-11)17-7-2-3-13(17)12-10-19-8-5-14(12)18/h4,6,9,12-14,18H,2-3,5,7-8,10H2,1H3/t12-,13+,14-/m0/s1. The molecule has 3 heterocycles. The van der Waals surface area contributed by atoms with E-state index in [-0.39, 0.29) is 12.0 Å². The molecule has 19 heavy (non-hydrogen) atoms. The molecule has 0 saturated carbocycles. The number of pyridine rings is 1. The van der Waals surface area contributed by atoms with Crippen molar-refractivity contribution in [1.29, 1.82) is 0 Å². The largest absolute Gasteiger partial charge is 0.393 e. The first-order chi connectivity index (χ1) is 9.25. The number of aliphatic hydroxyl groups is 1. The van der Waals surface area contributed by atoms with Gasteiger partial charge in [0.05, 0.1) is 12.7 Å². The highest BCUT2D eigenvalue weighted by atomic mass is 16.5. The molecule has 2 aliphatic rings.